The number of sulfone groups is 1. The highest BCUT2D eigenvalue weighted by atomic mass is 32.2. The fourth-order valence-electron chi connectivity index (χ4n) is 3.07. The van der Waals surface area contributed by atoms with Crippen LogP contribution in [0.25, 0.3) is 34.3 Å². The molecule has 9 nitrogen and oxygen atoms in total. The van der Waals surface area contributed by atoms with Crippen molar-refractivity contribution in [2.75, 3.05) is 5.73 Å². The number of aromatic nitrogens is 4. The van der Waals surface area contributed by atoms with E-state index < -0.39 is 15.1 Å². The zero-order valence-electron chi connectivity index (χ0n) is 18.2. The smallest absolute Gasteiger partial charge is 0.270 e. The second kappa shape index (κ2) is 8.55. The molecular formula is C23H21N5O4S. The van der Waals surface area contributed by atoms with Crippen molar-refractivity contribution in [1.29, 1.82) is 0 Å². The molecule has 0 spiro atoms. The van der Waals surface area contributed by atoms with E-state index in [1.807, 2.05) is 0 Å². The number of nitrogens with two attached hydrogens (primary N) is 1. The van der Waals surface area contributed by atoms with Gasteiger partial charge in [0.25, 0.3) is 5.89 Å². The van der Waals surface area contributed by atoms with E-state index in [0.29, 0.717) is 22.4 Å². The van der Waals surface area contributed by atoms with Gasteiger partial charge in [-0.1, -0.05) is 24.3 Å². The van der Waals surface area contributed by atoms with Crippen LogP contribution < -0.4 is 5.73 Å². The highest BCUT2D eigenvalue weighted by Crippen LogP contribution is 2.28. The van der Waals surface area contributed by atoms with Crippen molar-refractivity contribution in [2.24, 2.45) is 0 Å². The summed E-state index contributed by atoms with van der Waals surface area (Å²) in [6.45, 7) is 4.76. The Balaban J connectivity index is 1.65. The van der Waals surface area contributed by atoms with E-state index in [4.69, 9.17) is 10.2 Å². The van der Waals surface area contributed by atoms with E-state index >= 15 is 0 Å². The molecule has 0 atom stereocenters. The number of nitrogens with zero attached hydrogens (tertiary/aromatic N) is 4. The highest BCUT2D eigenvalue weighted by Gasteiger charge is 2.20. The molecule has 4 rings (SSSR count). The molecule has 0 saturated carbocycles. The van der Waals surface area contributed by atoms with Crippen LogP contribution in [0.3, 0.4) is 0 Å². The number of benzene rings is 2. The van der Waals surface area contributed by atoms with Gasteiger partial charge in [-0.3, -0.25) is 4.79 Å². The summed E-state index contributed by atoms with van der Waals surface area (Å²) >= 11 is 0. The minimum atomic E-state index is -3.37. The summed E-state index contributed by atoms with van der Waals surface area (Å²) in [5, 5.41) is 7.56. The van der Waals surface area contributed by atoms with Crippen molar-refractivity contribution in [3.8, 4) is 34.3 Å². The monoisotopic (exact) mass is 463 g/mol. The van der Waals surface area contributed by atoms with Gasteiger partial charge in [-0.05, 0) is 45.0 Å². The Morgan fingerprint density at radius 1 is 0.939 bits per heavy atom. The average molecular weight is 464 g/mol. The Morgan fingerprint density at radius 2 is 1.55 bits per heavy atom. The second-order valence-electron chi connectivity index (χ2n) is 7.65. The van der Waals surface area contributed by atoms with Crippen LogP contribution >= 0.6 is 0 Å². The van der Waals surface area contributed by atoms with Crippen molar-refractivity contribution in [2.45, 2.75) is 30.9 Å². The van der Waals surface area contributed by atoms with Crippen LogP contribution in [-0.2, 0) is 9.84 Å². The van der Waals surface area contributed by atoms with Gasteiger partial charge in [0, 0.05) is 16.7 Å². The molecule has 0 fully saturated rings. The van der Waals surface area contributed by atoms with Gasteiger partial charge in [-0.2, -0.15) is 0 Å². The molecule has 2 aromatic carbocycles. The molecule has 10 heteroatoms. The molecule has 0 unspecified atom stereocenters. The minimum absolute atomic E-state index is 0.0394. The average Bonchev–Trinajstić information content (AvgIpc) is 3.29. The van der Waals surface area contributed by atoms with Crippen molar-refractivity contribution >= 4 is 21.4 Å². The van der Waals surface area contributed by atoms with Crippen LogP contribution in [0.1, 0.15) is 31.1 Å². The van der Waals surface area contributed by atoms with Gasteiger partial charge in [0.1, 0.15) is 0 Å². The summed E-state index contributed by atoms with van der Waals surface area (Å²) in [5.41, 5.74) is 8.56. The lowest BCUT2D eigenvalue weighted by molar-refractivity contribution is 0.101. The zero-order chi connectivity index (χ0) is 23.8. The SMILES string of the molecule is CC(=O)c1ccc(-c2nnc(-c3nc(-c4ccc(S(=O)(=O)C(C)C)cc4)cnc3N)o2)cc1. The maximum Gasteiger partial charge on any atom is 0.270 e. The zero-order valence-corrected chi connectivity index (χ0v) is 19.0. The first kappa shape index (κ1) is 22.3. The van der Waals surface area contributed by atoms with Gasteiger partial charge >= 0.3 is 0 Å². The molecular weight excluding hydrogens is 442 g/mol. The number of hydrogen-bond acceptors (Lipinski definition) is 9. The summed E-state index contributed by atoms with van der Waals surface area (Å²) in [7, 11) is -3.37. The largest absolute Gasteiger partial charge is 0.414 e. The van der Waals surface area contributed by atoms with Gasteiger partial charge in [0.2, 0.25) is 5.89 Å². The molecule has 2 N–H and O–H groups in total. The molecule has 0 aliphatic heterocycles. The van der Waals surface area contributed by atoms with E-state index in [1.165, 1.54) is 25.3 Å². The van der Waals surface area contributed by atoms with Crippen LogP contribution in [0, 0.1) is 0 Å². The molecule has 2 aromatic heterocycles. The Hall–Kier alpha value is -3.92. The van der Waals surface area contributed by atoms with E-state index in [0.717, 1.165) is 0 Å². The molecule has 0 bridgehead atoms. The lowest BCUT2D eigenvalue weighted by Crippen LogP contribution is -2.13. The molecule has 0 saturated heterocycles. The third-order valence-corrected chi connectivity index (χ3v) is 7.24. The quantitative estimate of drug-likeness (QED) is 0.422. The number of hydrogen-bond donors (Lipinski definition) is 1. The fraction of sp³-hybridized carbons (Fsp3) is 0.174. The lowest BCUT2D eigenvalue weighted by Gasteiger charge is -2.09. The normalized spacial score (nSPS) is 11.6. The van der Waals surface area contributed by atoms with Crippen molar-refractivity contribution in [3.05, 3.63) is 60.3 Å². The molecule has 168 valence electrons. The van der Waals surface area contributed by atoms with E-state index in [1.54, 1.807) is 50.2 Å². The van der Waals surface area contributed by atoms with Crippen molar-refractivity contribution < 1.29 is 17.6 Å². The number of carbonyl (C=O) groups excluding carboxylic acids is 1. The van der Waals surface area contributed by atoms with Gasteiger partial charge in [-0.15, -0.1) is 10.2 Å². The molecule has 0 aliphatic carbocycles. The third kappa shape index (κ3) is 4.37. The first-order chi connectivity index (χ1) is 15.7. The number of rotatable bonds is 6. The second-order valence-corrected chi connectivity index (χ2v) is 10.2. The summed E-state index contributed by atoms with van der Waals surface area (Å²) in [6, 6.07) is 13.2. The lowest BCUT2D eigenvalue weighted by atomic mass is 10.1. The number of ketones is 1. The van der Waals surface area contributed by atoms with Crippen LogP contribution in [0.2, 0.25) is 0 Å². The Morgan fingerprint density at radius 3 is 2.15 bits per heavy atom. The molecule has 0 aliphatic rings. The Kier molecular flexibility index (Phi) is 5.77. The van der Waals surface area contributed by atoms with E-state index in [-0.39, 0.29) is 34.0 Å². The maximum absolute atomic E-state index is 12.3. The summed E-state index contributed by atoms with van der Waals surface area (Å²) in [5.74, 6) is 0.406. The summed E-state index contributed by atoms with van der Waals surface area (Å²) in [4.78, 5) is 20.4. The van der Waals surface area contributed by atoms with Crippen molar-refractivity contribution in [1.82, 2.24) is 20.2 Å². The number of anilines is 1. The van der Waals surface area contributed by atoms with E-state index in [2.05, 4.69) is 20.2 Å². The van der Waals surface area contributed by atoms with Crippen LogP contribution in [0.5, 0.6) is 0 Å². The van der Waals surface area contributed by atoms with Gasteiger partial charge in [0.15, 0.2) is 27.1 Å². The Labute approximate surface area is 190 Å². The summed E-state index contributed by atoms with van der Waals surface area (Å²) in [6.07, 6.45) is 1.49. The highest BCUT2D eigenvalue weighted by molar-refractivity contribution is 7.92. The third-order valence-electron chi connectivity index (χ3n) is 5.07. The first-order valence-electron chi connectivity index (χ1n) is 10.1. The molecule has 33 heavy (non-hydrogen) atoms. The number of nitrogen functional groups attached to an aromatic ring is 1. The summed E-state index contributed by atoms with van der Waals surface area (Å²) < 4.78 is 30.4. The van der Waals surface area contributed by atoms with E-state index in [9.17, 15) is 13.2 Å². The first-order valence-corrected chi connectivity index (χ1v) is 11.6. The van der Waals surface area contributed by atoms with Crippen LogP contribution in [-0.4, -0.2) is 39.6 Å². The standard InChI is InChI=1S/C23H21N5O4S/c1-13(2)33(30,31)18-10-8-16(9-11-18)19-12-25-21(24)20(26-19)23-28-27-22(32-23)17-6-4-15(5-7-17)14(3)29/h4-13H,1-3H3,(H2,24,25). The predicted octanol–water partition coefficient (Wildman–Crippen LogP) is 3.83. The minimum Gasteiger partial charge on any atom is -0.414 e. The van der Waals surface area contributed by atoms with Gasteiger partial charge in [-0.25, -0.2) is 18.4 Å². The van der Waals surface area contributed by atoms with Crippen LogP contribution in [0.4, 0.5) is 5.82 Å². The van der Waals surface area contributed by atoms with Crippen molar-refractivity contribution in [3.63, 3.8) is 0 Å². The maximum atomic E-state index is 12.3. The fourth-order valence-corrected chi connectivity index (χ4v) is 4.13. The van der Waals surface area contributed by atoms with Crippen LogP contribution in [0.15, 0.2) is 64.0 Å². The molecule has 0 radical (unpaired) electrons. The molecule has 0 amide bonds. The van der Waals surface area contributed by atoms with Gasteiger partial charge < -0.3 is 10.2 Å². The predicted molar refractivity (Wildman–Crippen MR) is 123 cm³/mol. The number of carbonyl (C=O) groups is 1. The number of Topliss-reactive ketones (excluding diaryl/α,β-unsaturated/α-hetero) is 1. The topological polar surface area (TPSA) is 142 Å². The van der Waals surface area contributed by atoms with Gasteiger partial charge in [0.05, 0.1) is 22.0 Å². The molecule has 4 aromatic rings. The Bertz CT molecular complexity index is 1430. The molecule has 2 heterocycles.